The lowest BCUT2D eigenvalue weighted by atomic mass is 10.2. The molecule has 0 aliphatic carbocycles. The molecule has 0 unspecified atom stereocenters. The number of carbonyl (C=O) groups excluding carboxylic acids is 1. The molecule has 1 aliphatic heterocycles. The minimum atomic E-state index is -0.540. The van der Waals surface area contributed by atoms with Gasteiger partial charge in [0.1, 0.15) is 12.4 Å². The van der Waals surface area contributed by atoms with Crippen LogP contribution in [0.4, 0.5) is 17.1 Å². The zero-order valence-corrected chi connectivity index (χ0v) is 12.7. The fraction of sp³-hybridized carbons (Fsp3) is 0.0588. The zero-order valence-electron chi connectivity index (χ0n) is 12.7. The fourth-order valence-electron chi connectivity index (χ4n) is 2.68. The predicted molar refractivity (Wildman–Crippen MR) is 91.7 cm³/mol. The third kappa shape index (κ3) is 2.32. The summed E-state index contributed by atoms with van der Waals surface area (Å²) in [5, 5.41) is 10.6. The Hall–Kier alpha value is -3.48. The summed E-state index contributed by atoms with van der Waals surface area (Å²) in [5.41, 5.74) is 9.57. The first-order valence-electron chi connectivity index (χ1n) is 7.36. The number of fused-ring (bicyclic) bond motifs is 2. The van der Waals surface area contributed by atoms with Crippen LogP contribution in [0.3, 0.4) is 0 Å². The Morgan fingerprint density at radius 1 is 1.42 bits per heavy atom. The van der Waals surface area contributed by atoms with Crippen LogP contribution < -0.4 is 21.1 Å². The summed E-state index contributed by atoms with van der Waals surface area (Å²) in [4.78, 5) is 11.7. The van der Waals surface area contributed by atoms with Gasteiger partial charge in [0, 0.05) is 17.6 Å². The summed E-state index contributed by atoms with van der Waals surface area (Å²) in [5.74, 6) is 0.215. The molecule has 7 nitrogen and oxygen atoms in total. The number of nitrogens with two attached hydrogens (primary N) is 1. The van der Waals surface area contributed by atoms with E-state index < -0.39 is 5.91 Å². The number of rotatable bonds is 3. The van der Waals surface area contributed by atoms with E-state index in [1.165, 1.54) is 6.20 Å². The summed E-state index contributed by atoms with van der Waals surface area (Å²) in [6, 6.07) is 9.34. The standard InChI is InChI=1S/C17H15N5O2/c1-10-9-24-15-5-4-11(7-13(15)20-10)21-16-12(17(18)23)8-19-22-6-2-3-14(16)22/h2-8,20-21H,1,9H2,(H2,18,23). The number of ether oxygens (including phenoxy) is 1. The number of aromatic nitrogens is 2. The first-order chi connectivity index (χ1) is 11.6. The Bertz CT molecular complexity index is 976. The first kappa shape index (κ1) is 14.1. The van der Waals surface area contributed by atoms with Crippen molar-refractivity contribution in [3.8, 4) is 5.75 Å². The van der Waals surface area contributed by atoms with Crippen LogP contribution in [0.15, 0.2) is 55.0 Å². The van der Waals surface area contributed by atoms with Crippen molar-refractivity contribution in [3.63, 3.8) is 0 Å². The molecule has 120 valence electrons. The van der Waals surface area contributed by atoms with Crippen LogP contribution >= 0.6 is 0 Å². The number of hydrogen-bond donors (Lipinski definition) is 3. The number of carbonyl (C=O) groups is 1. The zero-order chi connectivity index (χ0) is 16.7. The summed E-state index contributed by atoms with van der Waals surface area (Å²) in [7, 11) is 0. The lowest BCUT2D eigenvalue weighted by molar-refractivity contribution is 0.100. The molecule has 0 saturated carbocycles. The van der Waals surface area contributed by atoms with Crippen molar-refractivity contribution in [2.24, 2.45) is 5.73 Å². The number of primary amides is 1. The van der Waals surface area contributed by atoms with E-state index in [-0.39, 0.29) is 0 Å². The monoisotopic (exact) mass is 321 g/mol. The van der Waals surface area contributed by atoms with E-state index in [2.05, 4.69) is 22.3 Å². The minimum Gasteiger partial charge on any atom is -0.485 e. The highest BCUT2D eigenvalue weighted by Crippen LogP contribution is 2.34. The molecule has 4 rings (SSSR count). The Kier molecular flexibility index (Phi) is 3.13. The Morgan fingerprint density at radius 2 is 2.29 bits per heavy atom. The van der Waals surface area contributed by atoms with Gasteiger partial charge in [-0.25, -0.2) is 4.52 Å². The van der Waals surface area contributed by atoms with Crippen molar-refractivity contribution in [2.45, 2.75) is 0 Å². The molecule has 0 atom stereocenters. The smallest absolute Gasteiger partial charge is 0.252 e. The molecule has 24 heavy (non-hydrogen) atoms. The van der Waals surface area contributed by atoms with Crippen LogP contribution in [-0.2, 0) is 0 Å². The van der Waals surface area contributed by atoms with Crippen molar-refractivity contribution in [2.75, 3.05) is 17.2 Å². The molecule has 2 aromatic heterocycles. The van der Waals surface area contributed by atoms with Crippen LogP contribution in [0.1, 0.15) is 10.4 Å². The topological polar surface area (TPSA) is 93.7 Å². The quantitative estimate of drug-likeness (QED) is 0.689. The SMILES string of the molecule is C=C1COc2ccc(Nc3c(C(N)=O)cnn4cccc34)cc2N1. The van der Waals surface area contributed by atoms with Gasteiger partial charge in [0.2, 0.25) is 0 Å². The normalized spacial score (nSPS) is 13.1. The number of amides is 1. The van der Waals surface area contributed by atoms with E-state index in [1.54, 1.807) is 10.7 Å². The Balaban J connectivity index is 1.78. The van der Waals surface area contributed by atoms with E-state index in [1.807, 2.05) is 30.3 Å². The lowest BCUT2D eigenvalue weighted by Crippen LogP contribution is -2.16. The summed E-state index contributed by atoms with van der Waals surface area (Å²) >= 11 is 0. The number of nitrogens with one attached hydrogen (secondary N) is 2. The van der Waals surface area contributed by atoms with Gasteiger partial charge < -0.3 is 21.1 Å². The predicted octanol–water partition coefficient (Wildman–Crippen LogP) is 2.49. The number of anilines is 3. The highest BCUT2D eigenvalue weighted by atomic mass is 16.5. The molecule has 4 N–H and O–H groups in total. The van der Waals surface area contributed by atoms with Gasteiger partial charge in [-0.15, -0.1) is 0 Å². The molecular formula is C17H15N5O2. The average molecular weight is 321 g/mol. The van der Waals surface area contributed by atoms with E-state index in [4.69, 9.17) is 10.5 Å². The highest BCUT2D eigenvalue weighted by Gasteiger charge is 2.16. The van der Waals surface area contributed by atoms with Gasteiger partial charge >= 0.3 is 0 Å². The second-order valence-corrected chi connectivity index (χ2v) is 5.49. The van der Waals surface area contributed by atoms with Crippen molar-refractivity contribution in [1.29, 1.82) is 0 Å². The fourth-order valence-corrected chi connectivity index (χ4v) is 2.68. The van der Waals surface area contributed by atoms with Gasteiger partial charge in [-0.1, -0.05) is 6.58 Å². The highest BCUT2D eigenvalue weighted by molar-refractivity contribution is 6.02. The molecule has 0 saturated heterocycles. The van der Waals surface area contributed by atoms with Crippen LogP contribution in [0.2, 0.25) is 0 Å². The van der Waals surface area contributed by atoms with E-state index in [9.17, 15) is 4.79 Å². The molecule has 0 radical (unpaired) electrons. The third-order valence-corrected chi connectivity index (χ3v) is 3.79. The summed E-state index contributed by atoms with van der Waals surface area (Å²) < 4.78 is 7.26. The third-order valence-electron chi connectivity index (χ3n) is 3.79. The minimum absolute atomic E-state index is 0.326. The van der Waals surface area contributed by atoms with Gasteiger partial charge in [-0.2, -0.15) is 5.10 Å². The Morgan fingerprint density at radius 3 is 3.12 bits per heavy atom. The number of benzene rings is 1. The summed E-state index contributed by atoms with van der Waals surface area (Å²) in [6.45, 7) is 4.31. The second kappa shape index (κ2) is 5.31. The van der Waals surface area contributed by atoms with Crippen LogP contribution in [0, 0.1) is 0 Å². The summed E-state index contributed by atoms with van der Waals surface area (Å²) in [6.07, 6.45) is 3.26. The maximum atomic E-state index is 11.7. The van der Waals surface area contributed by atoms with Crippen LogP contribution in [0.25, 0.3) is 5.52 Å². The van der Waals surface area contributed by atoms with Gasteiger partial charge in [-0.3, -0.25) is 4.79 Å². The van der Waals surface area contributed by atoms with Gasteiger partial charge in [0.05, 0.1) is 28.7 Å². The van der Waals surface area contributed by atoms with Crippen molar-refractivity contribution in [1.82, 2.24) is 9.61 Å². The molecule has 0 fully saturated rings. The van der Waals surface area contributed by atoms with E-state index >= 15 is 0 Å². The molecular weight excluding hydrogens is 306 g/mol. The molecule has 7 heteroatoms. The first-order valence-corrected chi connectivity index (χ1v) is 7.36. The molecule has 1 aliphatic rings. The Labute approximate surface area is 137 Å². The van der Waals surface area contributed by atoms with Gasteiger partial charge in [0.25, 0.3) is 5.91 Å². The molecule has 3 heterocycles. The maximum Gasteiger partial charge on any atom is 0.252 e. The van der Waals surface area contributed by atoms with E-state index in [0.717, 1.165) is 28.3 Å². The van der Waals surface area contributed by atoms with Crippen LogP contribution in [-0.4, -0.2) is 22.1 Å². The van der Waals surface area contributed by atoms with Gasteiger partial charge in [0.15, 0.2) is 0 Å². The number of hydrogen-bond acceptors (Lipinski definition) is 5. The van der Waals surface area contributed by atoms with Crippen LogP contribution in [0.5, 0.6) is 5.75 Å². The lowest BCUT2D eigenvalue weighted by Gasteiger charge is -2.22. The van der Waals surface area contributed by atoms with Crippen molar-refractivity contribution >= 4 is 28.5 Å². The van der Waals surface area contributed by atoms with Gasteiger partial charge in [-0.05, 0) is 30.3 Å². The molecule has 1 aromatic carbocycles. The van der Waals surface area contributed by atoms with Crippen molar-refractivity contribution < 1.29 is 9.53 Å². The second-order valence-electron chi connectivity index (χ2n) is 5.49. The van der Waals surface area contributed by atoms with E-state index in [0.29, 0.717) is 17.9 Å². The molecule has 0 spiro atoms. The largest absolute Gasteiger partial charge is 0.485 e. The average Bonchev–Trinajstić information content (AvgIpc) is 3.03. The maximum absolute atomic E-state index is 11.7. The number of nitrogens with zero attached hydrogens (tertiary/aromatic N) is 2. The molecule has 0 bridgehead atoms. The molecule has 3 aromatic rings. The van der Waals surface area contributed by atoms with Crippen molar-refractivity contribution in [3.05, 3.63) is 60.6 Å². The molecule has 1 amide bonds.